The summed E-state index contributed by atoms with van der Waals surface area (Å²) in [5.74, 6) is 0.0871. The summed E-state index contributed by atoms with van der Waals surface area (Å²) < 4.78 is 30.7. The van der Waals surface area contributed by atoms with Gasteiger partial charge in [-0.15, -0.1) is 5.10 Å². The van der Waals surface area contributed by atoms with Gasteiger partial charge in [0.15, 0.2) is 5.17 Å². The number of amidine groups is 1. The normalized spacial score (nSPS) is 18.6. The number of hydrogen-bond acceptors (Lipinski definition) is 7. The van der Waals surface area contributed by atoms with Gasteiger partial charge < -0.3 is 9.50 Å². The first-order valence-electron chi connectivity index (χ1n) is 8.26. The fourth-order valence-electron chi connectivity index (χ4n) is 2.29. The zero-order valence-corrected chi connectivity index (χ0v) is 17.9. The topological polar surface area (TPSA) is 97.2 Å². The highest BCUT2D eigenvalue weighted by Crippen LogP contribution is 2.22. The van der Waals surface area contributed by atoms with Crippen molar-refractivity contribution in [1.82, 2.24) is 5.32 Å². The molecular formula is C18H16BrN3O4S2. The molecule has 1 N–H and O–H groups in total. The number of thioether (sulfide) groups is 1. The van der Waals surface area contributed by atoms with E-state index in [1.54, 1.807) is 30.3 Å². The van der Waals surface area contributed by atoms with Crippen LogP contribution in [-0.2, 0) is 14.9 Å². The summed E-state index contributed by atoms with van der Waals surface area (Å²) in [7, 11) is -3.94. The summed E-state index contributed by atoms with van der Waals surface area (Å²) in [6.45, 7) is 1.93. The lowest BCUT2D eigenvalue weighted by molar-refractivity contribution is -0.118. The first-order chi connectivity index (χ1) is 13.4. The highest BCUT2D eigenvalue weighted by molar-refractivity contribution is 9.10. The maximum Gasteiger partial charge on any atom is 0.339 e. The number of hydrogen-bond donors (Lipinski definition) is 1. The fraction of sp³-hybridized carbons (Fsp3) is 0.167. The zero-order valence-electron chi connectivity index (χ0n) is 14.7. The summed E-state index contributed by atoms with van der Waals surface area (Å²) in [4.78, 5) is 11.7. The van der Waals surface area contributed by atoms with E-state index in [1.165, 1.54) is 36.2 Å². The largest absolute Gasteiger partial charge is 0.379 e. The molecule has 2 aromatic rings. The van der Waals surface area contributed by atoms with Gasteiger partial charge in [0, 0.05) is 4.47 Å². The van der Waals surface area contributed by atoms with Crippen molar-refractivity contribution in [3.63, 3.8) is 0 Å². The molecule has 0 saturated carbocycles. The van der Waals surface area contributed by atoms with Crippen molar-refractivity contribution in [2.75, 3.05) is 0 Å². The molecule has 1 saturated heterocycles. The highest BCUT2D eigenvalue weighted by Gasteiger charge is 2.28. The van der Waals surface area contributed by atoms with Crippen LogP contribution < -0.4 is 9.50 Å². The summed E-state index contributed by atoms with van der Waals surface area (Å²) in [6, 6.07) is 12.6. The Labute approximate surface area is 175 Å². The van der Waals surface area contributed by atoms with Crippen molar-refractivity contribution in [1.29, 1.82) is 0 Å². The van der Waals surface area contributed by atoms with E-state index in [0.29, 0.717) is 17.2 Å². The van der Waals surface area contributed by atoms with E-state index in [9.17, 15) is 13.2 Å². The summed E-state index contributed by atoms with van der Waals surface area (Å²) in [5.41, 5.74) is 0.606. The molecule has 146 valence electrons. The molecule has 0 aromatic heterocycles. The average molecular weight is 482 g/mol. The Balaban J connectivity index is 1.70. The van der Waals surface area contributed by atoms with Crippen LogP contribution in [0.4, 0.5) is 0 Å². The molecule has 1 aliphatic heterocycles. The number of rotatable bonds is 6. The standard InChI is InChI=1S/C18H16BrN3O4S2/c1-2-16-17(23)21-18(27-16)22-20-11-12-4-3-5-14(10-12)26-28(24,25)15-8-6-13(19)7-9-15/h3-11,16H,2H2,1H3,(H,21,22,23)/b20-11-/t16-/m0/s1. The maximum absolute atomic E-state index is 12.4. The van der Waals surface area contributed by atoms with Gasteiger partial charge in [0.25, 0.3) is 0 Å². The van der Waals surface area contributed by atoms with Crippen molar-refractivity contribution in [2.24, 2.45) is 10.2 Å². The van der Waals surface area contributed by atoms with Crippen molar-refractivity contribution in [2.45, 2.75) is 23.5 Å². The second-order valence-corrected chi connectivity index (χ2v) is 9.37. The quantitative estimate of drug-likeness (QED) is 0.386. The molecule has 1 amide bonds. The smallest absolute Gasteiger partial charge is 0.339 e. The first-order valence-corrected chi connectivity index (χ1v) is 11.3. The molecular weight excluding hydrogens is 466 g/mol. The molecule has 2 aromatic carbocycles. The van der Waals surface area contributed by atoms with E-state index >= 15 is 0 Å². The SMILES string of the molecule is CC[C@@H]1S/C(=N\N=C/c2cccc(OS(=O)(=O)c3ccc(Br)cc3)c2)NC1=O. The van der Waals surface area contributed by atoms with Crippen LogP contribution in [0.5, 0.6) is 5.75 Å². The Morgan fingerprint density at radius 1 is 1.25 bits per heavy atom. The number of carbonyl (C=O) groups excluding carboxylic acids is 1. The number of carbonyl (C=O) groups is 1. The van der Waals surface area contributed by atoms with Gasteiger partial charge in [-0.1, -0.05) is 46.7 Å². The minimum atomic E-state index is -3.94. The molecule has 1 heterocycles. The molecule has 1 fully saturated rings. The zero-order chi connectivity index (χ0) is 20.1. The van der Waals surface area contributed by atoms with E-state index in [4.69, 9.17) is 4.18 Å². The molecule has 3 rings (SSSR count). The lowest BCUT2D eigenvalue weighted by Gasteiger charge is -2.07. The van der Waals surface area contributed by atoms with Gasteiger partial charge in [-0.25, -0.2) is 0 Å². The number of halogens is 1. The maximum atomic E-state index is 12.4. The van der Waals surface area contributed by atoms with E-state index < -0.39 is 10.1 Å². The third kappa shape index (κ3) is 5.21. The molecule has 1 aliphatic rings. The van der Waals surface area contributed by atoms with Crippen LogP contribution in [-0.4, -0.2) is 31.0 Å². The number of amides is 1. The second-order valence-electron chi connectivity index (χ2n) is 5.72. The Bertz CT molecular complexity index is 1040. The summed E-state index contributed by atoms with van der Waals surface area (Å²) in [6.07, 6.45) is 2.17. The van der Waals surface area contributed by atoms with Crippen LogP contribution >= 0.6 is 27.7 Å². The van der Waals surface area contributed by atoms with Gasteiger partial charge >= 0.3 is 10.1 Å². The molecule has 0 aliphatic carbocycles. The second kappa shape index (κ2) is 8.89. The van der Waals surface area contributed by atoms with E-state index in [0.717, 1.165) is 4.47 Å². The number of nitrogens with zero attached hydrogens (tertiary/aromatic N) is 2. The minimum Gasteiger partial charge on any atom is -0.379 e. The van der Waals surface area contributed by atoms with Gasteiger partial charge in [-0.2, -0.15) is 13.5 Å². The van der Waals surface area contributed by atoms with Crippen molar-refractivity contribution >= 4 is 55.1 Å². The van der Waals surface area contributed by atoms with Crippen molar-refractivity contribution in [3.05, 3.63) is 58.6 Å². The Kier molecular flexibility index (Phi) is 6.53. The van der Waals surface area contributed by atoms with E-state index in [2.05, 4.69) is 31.4 Å². The predicted octanol–water partition coefficient (Wildman–Crippen LogP) is 3.55. The first kappa shape index (κ1) is 20.6. The third-order valence-electron chi connectivity index (χ3n) is 3.67. The summed E-state index contributed by atoms with van der Waals surface area (Å²) in [5, 5.41) is 10.9. The Morgan fingerprint density at radius 3 is 2.68 bits per heavy atom. The van der Waals surface area contributed by atoms with Crippen LogP contribution in [0.15, 0.2) is 68.1 Å². The number of nitrogens with one attached hydrogen (secondary N) is 1. The third-order valence-corrected chi connectivity index (χ3v) is 6.70. The average Bonchev–Trinajstić information content (AvgIpc) is 3.02. The molecule has 0 radical (unpaired) electrons. The molecule has 0 unspecified atom stereocenters. The van der Waals surface area contributed by atoms with Gasteiger partial charge in [0.05, 0.1) is 11.5 Å². The van der Waals surface area contributed by atoms with E-state index in [-0.39, 0.29) is 21.8 Å². The molecule has 0 spiro atoms. The molecule has 10 heteroatoms. The predicted molar refractivity (Wildman–Crippen MR) is 113 cm³/mol. The van der Waals surface area contributed by atoms with E-state index in [1.807, 2.05) is 6.92 Å². The van der Waals surface area contributed by atoms with Crippen LogP contribution in [0.2, 0.25) is 0 Å². The monoisotopic (exact) mass is 481 g/mol. The van der Waals surface area contributed by atoms with Crippen LogP contribution in [0, 0.1) is 0 Å². The Hall–Kier alpha value is -2.17. The van der Waals surface area contributed by atoms with Crippen LogP contribution in [0.25, 0.3) is 0 Å². The lowest BCUT2D eigenvalue weighted by atomic mass is 10.2. The highest BCUT2D eigenvalue weighted by atomic mass is 79.9. The minimum absolute atomic E-state index is 0.0562. The molecule has 0 bridgehead atoms. The molecule has 28 heavy (non-hydrogen) atoms. The van der Waals surface area contributed by atoms with Gasteiger partial charge in [-0.3, -0.25) is 4.79 Å². The van der Waals surface area contributed by atoms with Gasteiger partial charge in [0.1, 0.15) is 10.6 Å². The Morgan fingerprint density at radius 2 is 2.00 bits per heavy atom. The lowest BCUT2D eigenvalue weighted by Crippen LogP contribution is -2.24. The van der Waals surface area contributed by atoms with Gasteiger partial charge in [-0.05, 0) is 48.4 Å². The fourth-order valence-corrected chi connectivity index (χ4v) is 4.33. The number of benzene rings is 2. The van der Waals surface area contributed by atoms with Gasteiger partial charge in [0.2, 0.25) is 5.91 Å². The van der Waals surface area contributed by atoms with Crippen LogP contribution in [0.1, 0.15) is 18.9 Å². The van der Waals surface area contributed by atoms with Crippen molar-refractivity contribution < 1.29 is 17.4 Å². The molecule has 7 nitrogen and oxygen atoms in total. The summed E-state index contributed by atoms with van der Waals surface area (Å²) >= 11 is 4.59. The van der Waals surface area contributed by atoms with Crippen LogP contribution in [0.3, 0.4) is 0 Å². The molecule has 1 atom stereocenters. The van der Waals surface area contributed by atoms with Crippen molar-refractivity contribution in [3.8, 4) is 5.75 Å².